The molecule has 3 rings (SSSR count). The molecule has 0 spiro atoms. The lowest BCUT2D eigenvalue weighted by Gasteiger charge is -2.20. The zero-order valence-corrected chi connectivity index (χ0v) is 20.0. The minimum Gasteiger partial charge on any atom is -0.481 e. The van der Waals surface area contributed by atoms with Gasteiger partial charge in [-0.15, -0.1) is 0 Å². The van der Waals surface area contributed by atoms with Crippen LogP contribution >= 0.6 is 0 Å². The molecule has 0 radical (unpaired) electrons. The van der Waals surface area contributed by atoms with E-state index >= 15 is 0 Å². The summed E-state index contributed by atoms with van der Waals surface area (Å²) in [4.78, 5) is 10.9. The van der Waals surface area contributed by atoms with Crippen molar-refractivity contribution in [2.75, 3.05) is 16.2 Å². The van der Waals surface area contributed by atoms with Gasteiger partial charge in [-0.2, -0.15) is 3.71 Å². The van der Waals surface area contributed by atoms with Crippen LogP contribution in [0.4, 0.5) is 10.1 Å². The van der Waals surface area contributed by atoms with E-state index in [9.17, 15) is 39.5 Å². The lowest BCUT2D eigenvalue weighted by molar-refractivity contribution is -0.136. The van der Waals surface area contributed by atoms with E-state index in [2.05, 4.69) is 0 Å². The Labute approximate surface area is 190 Å². The number of hydrogen-bond donors (Lipinski definition) is 1. The molecule has 178 valence electrons. The van der Waals surface area contributed by atoms with E-state index in [0.717, 1.165) is 34.3 Å². The van der Waals surface area contributed by atoms with Crippen LogP contribution in [0.25, 0.3) is 10.9 Å². The first-order valence-electron chi connectivity index (χ1n) is 9.12. The third-order valence-electron chi connectivity index (χ3n) is 4.74. The molecule has 1 N–H and O–H groups in total. The molecule has 33 heavy (non-hydrogen) atoms. The van der Waals surface area contributed by atoms with Crippen LogP contribution in [0.5, 0.6) is 0 Å². The third kappa shape index (κ3) is 4.58. The fraction of sp³-hybridized carbons (Fsp3) is 0.211. The topological polar surface area (TPSA) is 148 Å². The number of benzene rings is 2. The van der Waals surface area contributed by atoms with Gasteiger partial charge < -0.3 is 5.11 Å². The van der Waals surface area contributed by atoms with Gasteiger partial charge in [0.1, 0.15) is 5.82 Å². The number of carboxylic acid groups (broad SMARTS) is 1. The van der Waals surface area contributed by atoms with Crippen LogP contribution in [0.15, 0.2) is 47.4 Å². The quantitative estimate of drug-likeness (QED) is 0.497. The monoisotopic (exact) mass is 518 g/mol. The van der Waals surface area contributed by atoms with Gasteiger partial charge in [-0.3, -0.25) is 4.79 Å². The molecular weight excluding hydrogens is 499 g/mol. The molecule has 0 aliphatic carbocycles. The molecule has 0 amide bonds. The molecule has 0 aliphatic rings. The highest BCUT2D eigenvalue weighted by Gasteiger charge is 2.30. The first-order valence-corrected chi connectivity index (χ1v) is 14.3. The van der Waals surface area contributed by atoms with Crippen molar-refractivity contribution in [1.29, 1.82) is 0 Å². The molecule has 10 nitrogen and oxygen atoms in total. The molecule has 0 fully saturated rings. The molecule has 0 saturated carbocycles. The second-order valence-electron chi connectivity index (χ2n) is 7.29. The van der Waals surface area contributed by atoms with E-state index in [1.807, 2.05) is 0 Å². The van der Waals surface area contributed by atoms with Gasteiger partial charge in [0.15, 0.2) is 0 Å². The zero-order valence-electron chi connectivity index (χ0n) is 17.6. The molecular formula is C19H19FN2O8S3. The Morgan fingerprint density at radius 2 is 1.61 bits per heavy atom. The fourth-order valence-corrected chi connectivity index (χ4v) is 8.18. The lowest BCUT2D eigenvalue weighted by Crippen LogP contribution is -2.35. The maximum atomic E-state index is 13.9. The van der Waals surface area contributed by atoms with Gasteiger partial charge in [-0.1, -0.05) is 6.07 Å². The maximum absolute atomic E-state index is 13.9. The van der Waals surface area contributed by atoms with E-state index in [-0.39, 0.29) is 25.9 Å². The molecule has 1 heterocycles. The van der Waals surface area contributed by atoms with Gasteiger partial charge in [-0.25, -0.2) is 33.6 Å². The highest BCUT2D eigenvalue weighted by atomic mass is 32.3. The summed E-state index contributed by atoms with van der Waals surface area (Å²) in [6.07, 6.45) is 0.751. The number of anilines is 1. The number of rotatable bonds is 7. The Bertz CT molecular complexity index is 1580. The Morgan fingerprint density at radius 1 is 1.00 bits per heavy atom. The molecule has 1 aromatic heterocycles. The van der Waals surface area contributed by atoms with Crippen molar-refractivity contribution >= 4 is 52.6 Å². The van der Waals surface area contributed by atoms with Crippen LogP contribution in [-0.4, -0.2) is 52.8 Å². The van der Waals surface area contributed by atoms with Gasteiger partial charge in [-0.05, 0) is 48.9 Å². The first-order chi connectivity index (χ1) is 15.0. The number of nitrogens with zero attached hydrogens (tertiary/aromatic N) is 2. The smallest absolute Gasteiger partial charge is 0.307 e. The second kappa shape index (κ2) is 8.11. The predicted octanol–water partition coefficient (Wildman–Crippen LogP) is 1.68. The summed E-state index contributed by atoms with van der Waals surface area (Å²) in [7, 11) is -13.1. The maximum Gasteiger partial charge on any atom is 0.307 e. The van der Waals surface area contributed by atoms with E-state index in [4.69, 9.17) is 0 Å². The summed E-state index contributed by atoms with van der Waals surface area (Å²) < 4.78 is 90.2. The summed E-state index contributed by atoms with van der Waals surface area (Å²) in [6.45, 7) is 1.36. The molecule has 0 aliphatic heterocycles. The highest BCUT2D eigenvalue weighted by molar-refractivity contribution is 8.09. The Hall–Kier alpha value is -2.97. The van der Waals surface area contributed by atoms with E-state index in [1.165, 1.54) is 19.1 Å². The van der Waals surface area contributed by atoms with Crippen molar-refractivity contribution in [3.8, 4) is 0 Å². The number of sulfonamides is 2. The number of carbonyl (C=O) groups is 1. The summed E-state index contributed by atoms with van der Waals surface area (Å²) >= 11 is 0. The van der Waals surface area contributed by atoms with Crippen molar-refractivity contribution in [3.63, 3.8) is 0 Å². The normalized spacial score (nSPS) is 12.7. The van der Waals surface area contributed by atoms with Crippen molar-refractivity contribution in [2.45, 2.75) is 18.2 Å². The molecule has 0 atom stereocenters. The number of fused-ring (bicyclic) bond motifs is 1. The van der Waals surface area contributed by atoms with Crippen LogP contribution in [0.2, 0.25) is 0 Å². The van der Waals surface area contributed by atoms with Crippen LogP contribution in [0.1, 0.15) is 11.3 Å². The number of aromatic nitrogens is 1. The van der Waals surface area contributed by atoms with Gasteiger partial charge in [0.25, 0.3) is 10.0 Å². The SMILES string of the molecule is Cc1c(CC(=O)O)c2cc(F)ccc2n1S(=O)(=O)c1cccc(N(S(C)(=O)=O)S(C)(=O)=O)c1. The molecule has 0 unspecified atom stereocenters. The highest BCUT2D eigenvalue weighted by Crippen LogP contribution is 2.32. The van der Waals surface area contributed by atoms with Gasteiger partial charge in [0.2, 0.25) is 20.0 Å². The average molecular weight is 519 g/mol. The molecule has 2 aromatic carbocycles. The Balaban J connectivity index is 2.32. The minimum absolute atomic E-state index is 0.0126. The largest absolute Gasteiger partial charge is 0.481 e. The number of hydrogen-bond acceptors (Lipinski definition) is 7. The third-order valence-corrected chi connectivity index (χ3v) is 9.79. The summed E-state index contributed by atoms with van der Waals surface area (Å²) in [5.74, 6) is -1.94. The molecule has 0 bridgehead atoms. The zero-order chi connectivity index (χ0) is 24.9. The Morgan fingerprint density at radius 3 is 2.15 bits per heavy atom. The van der Waals surface area contributed by atoms with E-state index < -0.39 is 58.9 Å². The number of aliphatic carboxylic acids is 1. The summed E-state index contributed by atoms with van der Waals surface area (Å²) in [5.41, 5.74) is -0.303. The second-order valence-corrected chi connectivity index (χ2v) is 13.0. The predicted molar refractivity (Wildman–Crippen MR) is 119 cm³/mol. The van der Waals surface area contributed by atoms with E-state index in [1.54, 1.807) is 0 Å². The number of carboxylic acids is 1. The average Bonchev–Trinajstić information content (AvgIpc) is 2.91. The first kappa shape index (κ1) is 24.7. The minimum atomic E-state index is -4.49. The van der Waals surface area contributed by atoms with Crippen LogP contribution in [0, 0.1) is 12.7 Å². The van der Waals surface area contributed by atoms with Crippen LogP contribution in [-0.2, 0) is 41.3 Å². The van der Waals surface area contributed by atoms with Crippen LogP contribution < -0.4 is 3.71 Å². The Kier molecular flexibility index (Phi) is 6.06. The van der Waals surface area contributed by atoms with Gasteiger partial charge in [0.05, 0.1) is 35.0 Å². The van der Waals surface area contributed by atoms with Crippen molar-refractivity contribution in [2.24, 2.45) is 0 Å². The standard InChI is InChI=1S/C19H19FN2O8S3/c1-12-16(11-19(23)24)17-9-13(20)7-8-18(17)21(12)33(29,30)15-6-4-5-14(10-15)22(31(2,25)26)32(3,27)28/h4-10H,11H2,1-3H3,(H,23,24). The molecule has 3 aromatic rings. The molecule has 0 saturated heterocycles. The summed E-state index contributed by atoms with van der Waals surface area (Å²) in [6, 6.07) is 7.53. The van der Waals surface area contributed by atoms with Gasteiger partial charge >= 0.3 is 5.97 Å². The number of halogens is 1. The van der Waals surface area contributed by atoms with E-state index in [0.29, 0.717) is 12.5 Å². The fourth-order valence-electron chi connectivity index (χ4n) is 3.60. The van der Waals surface area contributed by atoms with Crippen molar-refractivity contribution in [1.82, 2.24) is 3.97 Å². The van der Waals surface area contributed by atoms with Crippen molar-refractivity contribution in [3.05, 3.63) is 59.5 Å². The van der Waals surface area contributed by atoms with Crippen molar-refractivity contribution < 1.29 is 39.5 Å². The van der Waals surface area contributed by atoms with Gasteiger partial charge in [0, 0.05) is 11.1 Å². The lowest BCUT2D eigenvalue weighted by atomic mass is 10.1. The van der Waals surface area contributed by atoms with Crippen LogP contribution in [0.3, 0.4) is 0 Å². The summed E-state index contributed by atoms with van der Waals surface area (Å²) in [5, 5.41) is 9.31. The molecule has 14 heteroatoms.